The van der Waals surface area contributed by atoms with Crippen molar-refractivity contribution >= 4 is 11.6 Å². The van der Waals surface area contributed by atoms with Crippen molar-refractivity contribution in [3.8, 4) is 17.2 Å². The topological polar surface area (TPSA) is 60.4 Å². The molecule has 3 rings (SSSR count). The number of hydrogen-bond donors (Lipinski definition) is 0. The van der Waals surface area contributed by atoms with Gasteiger partial charge in [-0.1, -0.05) is 0 Å². The Morgan fingerprint density at radius 1 is 1.00 bits per heavy atom. The number of amides is 1. The first kappa shape index (κ1) is 17.8. The molecule has 26 heavy (non-hydrogen) atoms. The summed E-state index contributed by atoms with van der Waals surface area (Å²) in [5.74, 6) is 2.04. The first-order chi connectivity index (χ1) is 12.6. The SMILES string of the molecule is COc1ccc(C2=NN(C(C)=O)[C@H](c3ccc(OC)cc3OC)C2)cc1. The molecule has 0 unspecified atom stereocenters. The van der Waals surface area contributed by atoms with E-state index >= 15 is 0 Å². The van der Waals surface area contributed by atoms with Gasteiger partial charge in [0, 0.05) is 25.0 Å². The molecule has 0 aliphatic carbocycles. The lowest BCUT2D eigenvalue weighted by Crippen LogP contribution is -2.24. The molecule has 0 bridgehead atoms. The third kappa shape index (κ3) is 3.35. The Labute approximate surface area is 153 Å². The summed E-state index contributed by atoms with van der Waals surface area (Å²) >= 11 is 0. The van der Waals surface area contributed by atoms with Crippen molar-refractivity contribution < 1.29 is 19.0 Å². The Morgan fingerprint density at radius 3 is 2.23 bits per heavy atom. The maximum absolute atomic E-state index is 12.2. The maximum atomic E-state index is 12.2. The average molecular weight is 354 g/mol. The third-order valence-electron chi connectivity index (χ3n) is 4.46. The van der Waals surface area contributed by atoms with E-state index in [1.807, 2.05) is 42.5 Å². The predicted octanol–water partition coefficient (Wildman–Crippen LogP) is 3.41. The minimum absolute atomic E-state index is 0.114. The molecule has 0 fully saturated rings. The van der Waals surface area contributed by atoms with Gasteiger partial charge in [0.1, 0.15) is 17.2 Å². The van der Waals surface area contributed by atoms with E-state index in [4.69, 9.17) is 14.2 Å². The highest BCUT2D eigenvalue weighted by Gasteiger charge is 2.33. The van der Waals surface area contributed by atoms with E-state index in [9.17, 15) is 4.79 Å². The summed E-state index contributed by atoms with van der Waals surface area (Å²) in [5.41, 5.74) is 2.72. The zero-order valence-electron chi connectivity index (χ0n) is 15.4. The van der Waals surface area contributed by atoms with Crippen molar-refractivity contribution in [1.29, 1.82) is 0 Å². The number of ether oxygens (including phenoxy) is 3. The van der Waals surface area contributed by atoms with Gasteiger partial charge in [0.2, 0.25) is 5.91 Å². The predicted molar refractivity (Wildman–Crippen MR) is 99.0 cm³/mol. The van der Waals surface area contributed by atoms with Gasteiger partial charge in [-0.2, -0.15) is 5.10 Å². The van der Waals surface area contributed by atoms with Crippen LogP contribution in [0.1, 0.15) is 30.5 Å². The molecule has 0 N–H and O–H groups in total. The second-order valence-electron chi connectivity index (χ2n) is 5.97. The summed E-state index contributed by atoms with van der Waals surface area (Å²) in [5, 5.41) is 6.08. The van der Waals surface area contributed by atoms with Crippen LogP contribution in [0.2, 0.25) is 0 Å². The van der Waals surface area contributed by atoms with Gasteiger partial charge in [0.15, 0.2) is 0 Å². The fraction of sp³-hybridized carbons (Fsp3) is 0.300. The molecule has 0 spiro atoms. The van der Waals surface area contributed by atoms with Gasteiger partial charge in [-0.05, 0) is 42.0 Å². The van der Waals surface area contributed by atoms with Crippen molar-refractivity contribution in [3.63, 3.8) is 0 Å². The fourth-order valence-corrected chi connectivity index (χ4v) is 3.09. The van der Waals surface area contributed by atoms with E-state index < -0.39 is 0 Å². The largest absolute Gasteiger partial charge is 0.497 e. The molecule has 1 amide bonds. The smallest absolute Gasteiger partial charge is 0.240 e. The van der Waals surface area contributed by atoms with Crippen LogP contribution in [0.4, 0.5) is 0 Å². The zero-order valence-corrected chi connectivity index (χ0v) is 15.4. The number of hydrazone groups is 1. The molecule has 6 heteroatoms. The summed E-state index contributed by atoms with van der Waals surface area (Å²) in [7, 11) is 4.85. The molecule has 136 valence electrons. The summed E-state index contributed by atoms with van der Waals surface area (Å²) in [4.78, 5) is 12.2. The quantitative estimate of drug-likeness (QED) is 0.826. The number of methoxy groups -OCH3 is 3. The van der Waals surface area contributed by atoms with Gasteiger partial charge in [-0.25, -0.2) is 5.01 Å². The maximum Gasteiger partial charge on any atom is 0.240 e. The lowest BCUT2D eigenvalue weighted by atomic mass is 9.97. The van der Waals surface area contributed by atoms with Crippen molar-refractivity contribution in [1.82, 2.24) is 5.01 Å². The first-order valence-electron chi connectivity index (χ1n) is 8.31. The van der Waals surface area contributed by atoms with Gasteiger partial charge >= 0.3 is 0 Å². The average Bonchev–Trinajstić information content (AvgIpc) is 3.13. The van der Waals surface area contributed by atoms with Crippen molar-refractivity contribution in [2.24, 2.45) is 5.10 Å². The monoisotopic (exact) mass is 354 g/mol. The molecule has 0 saturated carbocycles. The Hall–Kier alpha value is -3.02. The van der Waals surface area contributed by atoms with Crippen LogP contribution < -0.4 is 14.2 Å². The summed E-state index contributed by atoms with van der Waals surface area (Å²) < 4.78 is 16.0. The minimum atomic E-state index is -0.217. The standard InChI is InChI=1S/C20H22N2O4/c1-13(23)22-19(17-10-9-16(25-3)11-20(17)26-4)12-18(21-22)14-5-7-15(24-2)8-6-14/h5-11,19H,12H2,1-4H3/t19-/m0/s1. The summed E-state index contributed by atoms with van der Waals surface area (Å²) in [6, 6.07) is 13.1. The highest BCUT2D eigenvalue weighted by Crippen LogP contribution is 2.39. The van der Waals surface area contributed by atoms with Crippen LogP contribution in [0.5, 0.6) is 17.2 Å². The molecule has 6 nitrogen and oxygen atoms in total. The van der Waals surface area contributed by atoms with Crippen LogP contribution in [-0.4, -0.2) is 38.0 Å². The zero-order chi connectivity index (χ0) is 18.7. The first-order valence-corrected chi connectivity index (χ1v) is 8.31. The van der Waals surface area contributed by atoms with Crippen molar-refractivity contribution in [3.05, 3.63) is 53.6 Å². The number of carbonyl (C=O) groups is 1. The number of rotatable bonds is 5. The van der Waals surface area contributed by atoms with E-state index in [-0.39, 0.29) is 11.9 Å². The van der Waals surface area contributed by atoms with Crippen LogP contribution in [0.15, 0.2) is 47.6 Å². The van der Waals surface area contributed by atoms with E-state index in [1.165, 1.54) is 11.9 Å². The summed E-state index contributed by atoms with van der Waals surface area (Å²) in [6.45, 7) is 1.52. The normalized spacial score (nSPS) is 16.2. The van der Waals surface area contributed by atoms with Crippen LogP contribution in [-0.2, 0) is 4.79 Å². The highest BCUT2D eigenvalue weighted by atomic mass is 16.5. The molecule has 0 radical (unpaired) electrons. The van der Waals surface area contributed by atoms with E-state index in [1.54, 1.807) is 21.3 Å². The molecule has 2 aromatic rings. The highest BCUT2D eigenvalue weighted by molar-refractivity contribution is 6.03. The molecular formula is C20H22N2O4. The molecule has 1 atom stereocenters. The molecule has 0 saturated heterocycles. The molecule has 2 aromatic carbocycles. The van der Waals surface area contributed by atoms with Crippen LogP contribution >= 0.6 is 0 Å². The Bertz CT molecular complexity index is 830. The Morgan fingerprint density at radius 2 is 1.65 bits per heavy atom. The number of hydrogen-bond acceptors (Lipinski definition) is 5. The molecule has 1 aliphatic heterocycles. The second-order valence-corrected chi connectivity index (χ2v) is 5.97. The summed E-state index contributed by atoms with van der Waals surface area (Å²) in [6.07, 6.45) is 0.606. The van der Waals surface area contributed by atoms with E-state index in [0.29, 0.717) is 17.9 Å². The minimum Gasteiger partial charge on any atom is -0.497 e. The van der Waals surface area contributed by atoms with Gasteiger partial charge in [0.25, 0.3) is 0 Å². The Kier molecular flexibility index (Phi) is 5.11. The lowest BCUT2D eigenvalue weighted by molar-refractivity contribution is -0.130. The lowest BCUT2D eigenvalue weighted by Gasteiger charge is -2.22. The van der Waals surface area contributed by atoms with Gasteiger partial charge in [-0.15, -0.1) is 0 Å². The second kappa shape index (κ2) is 7.47. The fourth-order valence-electron chi connectivity index (χ4n) is 3.09. The molecule has 1 heterocycles. The van der Waals surface area contributed by atoms with Gasteiger partial charge < -0.3 is 14.2 Å². The molecular weight excluding hydrogens is 332 g/mol. The van der Waals surface area contributed by atoms with E-state index in [2.05, 4.69) is 5.10 Å². The van der Waals surface area contributed by atoms with E-state index in [0.717, 1.165) is 22.6 Å². The van der Waals surface area contributed by atoms with Crippen LogP contribution in [0.3, 0.4) is 0 Å². The number of carbonyl (C=O) groups excluding carboxylic acids is 1. The van der Waals surface area contributed by atoms with Crippen molar-refractivity contribution in [2.75, 3.05) is 21.3 Å². The molecule has 1 aliphatic rings. The van der Waals surface area contributed by atoms with Gasteiger partial charge in [-0.3, -0.25) is 4.79 Å². The van der Waals surface area contributed by atoms with Crippen LogP contribution in [0.25, 0.3) is 0 Å². The van der Waals surface area contributed by atoms with Gasteiger partial charge in [0.05, 0.1) is 33.1 Å². The number of nitrogens with zero attached hydrogens (tertiary/aromatic N) is 2. The van der Waals surface area contributed by atoms with Crippen molar-refractivity contribution in [2.45, 2.75) is 19.4 Å². The number of benzene rings is 2. The Balaban J connectivity index is 1.95. The molecule has 0 aromatic heterocycles. The third-order valence-corrected chi connectivity index (χ3v) is 4.46. The van der Waals surface area contributed by atoms with Crippen LogP contribution in [0, 0.1) is 0 Å².